The molecule has 2 aromatic carbocycles. The molecule has 5 nitrogen and oxygen atoms in total. The van der Waals surface area contributed by atoms with Gasteiger partial charge in [-0.25, -0.2) is 9.67 Å². The minimum atomic E-state index is -0.440. The maximum absolute atomic E-state index is 11.2. The summed E-state index contributed by atoms with van der Waals surface area (Å²) < 4.78 is 2.90. The van der Waals surface area contributed by atoms with Crippen LogP contribution in [0.1, 0.15) is 10.4 Å². The average molecular weight is 294 g/mol. The van der Waals surface area contributed by atoms with Crippen molar-refractivity contribution >= 4 is 38.4 Å². The maximum Gasteiger partial charge on any atom is 0.248 e. The molecule has 1 amide bonds. The van der Waals surface area contributed by atoms with Crippen molar-refractivity contribution in [1.29, 1.82) is 0 Å². The van der Waals surface area contributed by atoms with Crippen LogP contribution in [0.5, 0.6) is 0 Å². The molecule has 0 spiro atoms. The second kappa shape index (κ2) is 4.39. The van der Waals surface area contributed by atoms with Gasteiger partial charge in [0.05, 0.1) is 21.9 Å². The summed E-state index contributed by atoms with van der Waals surface area (Å²) in [5.41, 5.74) is 7.63. The number of primary amides is 1. The van der Waals surface area contributed by atoms with Crippen molar-refractivity contribution in [2.24, 2.45) is 5.73 Å². The lowest BCUT2D eigenvalue weighted by Crippen LogP contribution is -2.10. The normalized spacial score (nSPS) is 11.2. The van der Waals surface area contributed by atoms with Gasteiger partial charge in [0.1, 0.15) is 0 Å². The van der Waals surface area contributed by atoms with Crippen LogP contribution in [0, 0.1) is 0 Å². The van der Waals surface area contributed by atoms with Crippen molar-refractivity contribution in [3.8, 4) is 5.13 Å². The van der Waals surface area contributed by atoms with E-state index in [9.17, 15) is 4.79 Å². The van der Waals surface area contributed by atoms with Gasteiger partial charge in [-0.3, -0.25) is 4.79 Å². The van der Waals surface area contributed by atoms with E-state index in [1.165, 1.54) is 0 Å². The number of fused-ring (bicyclic) bond motifs is 2. The minimum Gasteiger partial charge on any atom is -0.366 e. The summed E-state index contributed by atoms with van der Waals surface area (Å²) in [7, 11) is 0. The first-order valence-corrected chi connectivity index (χ1v) is 7.17. The predicted molar refractivity (Wildman–Crippen MR) is 82.8 cm³/mol. The highest BCUT2D eigenvalue weighted by atomic mass is 32.1. The number of nitrogens with zero attached hydrogens (tertiary/aromatic N) is 3. The Morgan fingerprint density at radius 2 is 2.05 bits per heavy atom. The summed E-state index contributed by atoms with van der Waals surface area (Å²) in [6, 6.07) is 13.3. The molecule has 0 atom stereocenters. The zero-order valence-electron chi connectivity index (χ0n) is 10.9. The van der Waals surface area contributed by atoms with Gasteiger partial charge in [0, 0.05) is 10.9 Å². The Hall–Kier alpha value is -2.73. The molecule has 0 radical (unpaired) electrons. The van der Waals surface area contributed by atoms with E-state index in [0.29, 0.717) is 5.56 Å². The highest BCUT2D eigenvalue weighted by Gasteiger charge is 2.11. The van der Waals surface area contributed by atoms with Crippen LogP contribution in [0.2, 0.25) is 0 Å². The summed E-state index contributed by atoms with van der Waals surface area (Å²) >= 11 is 1.58. The molecule has 0 saturated carbocycles. The van der Waals surface area contributed by atoms with Crippen molar-refractivity contribution in [2.75, 3.05) is 0 Å². The first-order chi connectivity index (χ1) is 10.2. The molecule has 0 aliphatic rings. The number of benzene rings is 2. The molecular weight excluding hydrogens is 284 g/mol. The topological polar surface area (TPSA) is 73.8 Å². The SMILES string of the molecule is NC(=O)c1ccc2c(cnn2-c2nc3ccccc3s2)c1. The number of para-hydroxylation sites is 1. The molecule has 2 N–H and O–H groups in total. The Balaban J connectivity index is 1.92. The summed E-state index contributed by atoms with van der Waals surface area (Å²) in [5, 5.41) is 6.04. The molecule has 21 heavy (non-hydrogen) atoms. The van der Waals surface area contributed by atoms with Crippen molar-refractivity contribution in [1.82, 2.24) is 14.8 Å². The number of carbonyl (C=O) groups excluding carboxylic acids is 1. The van der Waals surface area contributed by atoms with E-state index in [1.54, 1.807) is 34.3 Å². The first-order valence-electron chi connectivity index (χ1n) is 6.36. The van der Waals surface area contributed by atoms with Crippen LogP contribution in [-0.2, 0) is 0 Å². The highest BCUT2D eigenvalue weighted by molar-refractivity contribution is 7.20. The number of thiazole rings is 1. The lowest BCUT2D eigenvalue weighted by Gasteiger charge is -1.99. The molecule has 4 aromatic rings. The molecule has 0 aliphatic heterocycles. The van der Waals surface area contributed by atoms with E-state index in [0.717, 1.165) is 26.3 Å². The molecule has 2 heterocycles. The molecule has 2 aromatic heterocycles. The van der Waals surface area contributed by atoms with E-state index < -0.39 is 5.91 Å². The second-order valence-corrected chi connectivity index (χ2v) is 5.67. The highest BCUT2D eigenvalue weighted by Crippen LogP contribution is 2.27. The summed E-state index contributed by atoms with van der Waals surface area (Å²) in [6.45, 7) is 0. The number of amides is 1. The molecule has 0 aliphatic carbocycles. The quantitative estimate of drug-likeness (QED) is 0.617. The van der Waals surface area contributed by atoms with Crippen LogP contribution in [0.15, 0.2) is 48.7 Å². The van der Waals surface area contributed by atoms with Crippen LogP contribution in [0.25, 0.3) is 26.3 Å². The van der Waals surface area contributed by atoms with Gasteiger partial charge >= 0.3 is 0 Å². The fourth-order valence-electron chi connectivity index (χ4n) is 2.29. The second-order valence-electron chi connectivity index (χ2n) is 4.66. The average Bonchev–Trinajstić information content (AvgIpc) is 3.09. The van der Waals surface area contributed by atoms with Crippen LogP contribution < -0.4 is 5.73 Å². The minimum absolute atomic E-state index is 0.440. The van der Waals surface area contributed by atoms with Gasteiger partial charge in [0.2, 0.25) is 11.0 Å². The van der Waals surface area contributed by atoms with Gasteiger partial charge in [-0.05, 0) is 30.3 Å². The Bertz CT molecular complexity index is 953. The van der Waals surface area contributed by atoms with Gasteiger partial charge in [-0.15, -0.1) is 0 Å². The van der Waals surface area contributed by atoms with E-state index in [4.69, 9.17) is 5.73 Å². The molecule has 0 fully saturated rings. The van der Waals surface area contributed by atoms with Gasteiger partial charge in [-0.1, -0.05) is 23.5 Å². The zero-order valence-corrected chi connectivity index (χ0v) is 11.7. The zero-order chi connectivity index (χ0) is 14.4. The van der Waals surface area contributed by atoms with Crippen LogP contribution >= 0.6 is 11.3 Å². The molecule has 0 saturated heterocycles. The fraction of sp³-hybridized carbons (Fsp3) is 0. The van der Waals surface area contributed by atoms with E-state index in [1.807, 2.05) is 30.3 Å². The lowest BCUT2D eigenvalue weighted by molar-refractivity contribution is 0.100. The molecule has 0 unspecified atom stereocenters. The third-order valence-corrected chi connectivity index (χ3v) is 4.33. The number of rotatable bonds is 2. The smallest absolute Gasteiger partial charge is 0.248 e. The molecular formula is C15H10N4OS. The monoisotopic (exact) mass is 294 g/mol. The predicted octanol–water partition coefficient (Wildman–Crippen LogP) is 2.73. The van der Waals surface area contributed by atoms with Gasteiger partial charge < -0.3 is 5.73 Å². The molecule has 4 rings (SSSR count). The fourth-order valence-corrected chi connectivity index (χ4v) is 3.23. The third kappa shape index (κ3) is 1.88. The van der Waals surface area contributed by atoms with Crippen molar-refractivity contribution in [2.45, 2.75) is 0 Å². The summed E-state index contributed by atoms with van der Waals surface area (Å²) in [5.74, 6) is -0.440. The van der Waals surface area contributed by atoms with E-state index in [-0.39, 0.29) is 0 Å². The van der Waals surface area contributed by atoms with E-state index >= 15 is 0 Å². The Morgan fingerprint density at radius 3 is 2.86 bits per heavy atom. The Labute approximate surface area is 123 Å². The first kappa shape index (κ1) is 12.0. The largest absolute Gasteiger partial charge is 0.366 e. The molecule has 0 bridgehead atoms. The van der Waals surface area contributed by atoms with Crippen LogP contribution in [-0.4, -0.2) is 20.7 Å². The standard InChI is InChI=1S/C15H10N4OS/c16-14(20)9-5-6-12-10(7-9)8-17-19(12)15-18-11-3-1-2-4-13(11)21-15/h1-8H,(H2,16,20). The maximum atomic E-state index is 11.2. The van der Waals surface area contributed by atoms with E-state index in [2.05, 4.69) is 10.1 Å². The van der Waals surface area contributed by atoms with Gasteiger partial charge in [-0.2, -0.15) is 5.10 Å². The van der Waals surface area contributed by atoms with Gasteiger partial charge in [0.25, 0.3) is 0 Å². The molecule has 6 heteroatoms. The third-order valence-electron chi connectivity index (χ3n) is 3.32. The Morgan fingerprint density at radius 1 is 1.19 bits per heavy atom. The van der Waals surface area contributed by atoms with Crippen LogP contribution in [0.4, 0.5) is 0 Å². The van der Waals surface area contributed by atoms with Crippen molar-refractivity contribution in [3.05, 3.63) is 54.2 Å². The molecule has 102 valence electrons. The number of hydrogen-bond acceptors (Lipinski definition) is 4. The van der Waals surface area contributed by atoms with Crippen LogP contribution in [0.3, 0.4) is 0 Å². The summed E-state index contributed by atoms with van der Waals surface area (Å²) in [4.78, 5) is 15.8. The van der Waals surface area contributed by atoms with Crippen molar-refractivity contribution in [3.63, 3.8) is 0 Å². The summed E-state index contributed by atoms with van der Waals surface area (Å²) in [6.07, 6.45) is 1.72. The Kier molecular flexibility index (Phi) is 2.52. The number of hydrogen-bond donors (Lipinski definition) is 1. The number of aromatic nitrogens is 3. The van der Waals surface area contributed by atoms with Crippen molar-refractivity contribution < 1.29 is 4.79 Å². The number of carbonyl (C=O) groups is 1. The lowest BCUT2D eigenvalue weighted by atomic mass is 10.1. The van der Waals surface area contributed by atoms with Gasteiger partial charge in [0.15, 0.2) is 0 Å². The number of nitrogens with two attached hydrogens (primary N) is 1.